The van der Waals surface area contributed by atoms with Crippen LogP contribution in [0.2, 0.25) is 0 Å². The quantitative estimate of drug-likeness (QED) is 0.634. The number of carbonyl (C=O) groups is 1. The van der Waals surface area contributed by atoms with Gasteiger partial charge in [-0.3, -0.25) is 4.79 Å². The largest absolute Gasteiger partial charge is 0.326 e. The van der Waals surface area contributed by atoms with Crippen LogP contribution in [0.4, 0.5) is 5.69 Å². The fraction of sp³-hybridized carbons (Fsp3) is 0.125. The van der Waals surface area contributed by atoms with Crippen molar-refractivity contribution in [1.82, 2.24) is 9.97 Å². The minimum Gasteiger partial charge on any atom is -0.326 e. The lowest BCUT2D eigenvalue weighted by Crippen LogP contribution is -2.12. The van der Waals surface area contributed by atoms with Crippen LogP contribution in [0.3, 0.4) is 0 Å². The van der Waals surface area contributed by atoms with Crippen LogP contribution < -0.4 is 11.0 Å². The van der Waals surface area contributed by atoms with Crippen molar-refractivity contribution in [3.63, 3.8) is 0 Å². The molecule has 0 saturated heterocycles. The molecule has 0 spiro atoms. The Balaban J connectivity index is 1.55. The predicted octanol–water partition coefficient (Wildman–Crippen LogP) is 2.98. The molecule has 0 unspecified atom stereocenters. The van der Waals surface area contributed by atoms with E-state index in [0.717, 1.165) is 16.2 Å². The van der Waals surface area contributed by atoms with E-state index in [-0.39, 0.29) is 11.6 Å². The number of hydrogen-bond acceptors (Lipinski definition) is 3. The number of anilines is 1. The summed E-state index contributed by atoms with van der Waals surface area (Å²) in [6.45, 7) is 0. The molecule has 5 nitrogen and oxygen atoms in total. The van der Waals surface area contributed by atoms with E-state index in [1.54, 1.807) is 30.0 Å². The van der Waals surface area contributed by atoms with Gasteiger partial charge in [-0.25, -0.2) is 4.79 Å². The normalized spacial score (nSPS) is 10.7. The van der Waals surface area contributed by atoms with Gasteiger partial charge < -0.3 is 15.3 Å². The summed E-state index contributed by atoms with van der Waals surface area (Å²) in [7, 11) is 0. The number of H-pyrrole nitrogens is 2. The van der Waals surface area contributed by atoms with Crippen molar-refractivity contribution >= 4 is 34.4 Å². The standard InChI is InChI=1S/C16H15N3O2S/c20-15(8-9-22-12-4-2-1-3-5-12)17-11-6-7-13-14(10-11)19-16(21)18-13/h1-7,10H,8-9H2,(H,17,20)(H2,18,19,21). The molecule has 2 aromatic carbocycles. The van der Waals surface area contributed by atoms with Crippen LogP contribution >= 0.6 is 11.8 Å². The Morgan fingerprint density at radius 1 is 1.05 bits per heavy atom. The molecule has 0 atom stereocenters. The number of nitrogens with one attached hydrogen (secondary N) is 3. The molecule has 0 aliphatic carbocycles. The van der Waals surface area contributed by atoms with Crippen molar-refractivity contribution in [3.05, 3.63) is 59.0 Å². The minimum absolute atomic E-state index is 0.0411. The Kier molecular flexibility index (Phi) is 4.29. The highest BCUT2D eigenvalue weighted by Crippen LogP contribution is 2.19. The highest BCUT2D eigenvalue weighted by atomic mass is 32.2. The summed E-state index contributed by atoms with van der Waals surface area (Å²) >= 11 is 1.65. The van der Waals surface area contributed by atoms with Crippen molar-refractivity contribution in [2.45, 2.75) is 11.3 Å². The topological polar surface area (TPSA) is 77.8 Å². The maximum absolute atomic E-state index is 11.9. The molecule has 6 heteroatoms. The number of carbonyl (C=O) groups excluding carboxylic acids is 1. The molecule has 0 bridgehead atoms. The SMILES string of the molecule is O=C(CCSc1ccccc1)Nc1ccc2[nH]c(=O)[nH]c2c1. The molecular weight excluding hydrogens is 298 g/mol. The van der Waals surface area contributed by atoms with Crippen LogP contribution in [0.15, 0.2) is 58.2 Å². The molecule has 0 saturated carbocycles. The van der Waals surface area contributed by atoms with Crippen molar-refractivity contribution < 1.29 is 4.79 Å². The molecule has 3 aromatic rings. The third-order valence-corrected chi connectivity index (χ3v) is 4.15. The molecule has 0 fully saturated rings. The number of aromatic nitrogens is 2. The van der Waals surface area contributed by atoms with Crippen molar-refractivity contribution in [2.24, 2.45) is 0 Å². The lowest BCUT2D eigenvalue weighted by atomic mass is 10.2. The molecule has 1 amide bonds. The van der Waals surface area contributed by atoms with Crippen molar-refractivity contribution in [2.75, 3.05) is 11.1 Å². The van der Waals surface area contributed by atoms with E-state index < -0.39 is 0 Å². The Morgan fingerprint density at radius 2 is 1.82 bits per heavy atom. The molecule has 0 aliphatic rings. The van der Waals surface area contributed by atoms with E-state index in [4.69, 9.17) is 0 Å². The number of benzene rings is 2. The molecular formula is C16H15N3O2S. The van der Waals surface area contributed by atoms with Gasteiger partial charge in [0.25, 0.3) is 0 Å². The maximum atomic E-state index is 11.9. The van der Waals surface area contributed by atoms with Crippen LogP contribution in [-0.4, -0.2) is 21.6 Å². The number of hydrogen-bond donors (Lipinski definition) is 3. The second-order valence-corrected chi connectivity index (χ2v) is 5.97. The summed E-state index contributed by atoms with van der Waals surface area (Å²) in [6.07, 6.45) is 0.432. The van der Waals surface area contributed by atoms with Gasteiger partial charge in [0.1, 0.15) is 0 Å². The fourth-order valence-corrected chi connectivity index (χ4v) is 2.98. The van der Waals surface area contributed by atoms with E-state index in [1.165, 1.54) is 0 Å². The second kappa shape index (κ2) is 6.53. The van der Waals surface area contributed by atoms with Gasteiger partial charge in [0.2, 0.25) is 5.91 Å². The number of rotatable bonds is 5. The summed E-state index contributed by atoms with van der Waals surface area (Å²) < 4.78 is 0. The molecule has 112 valence electrons. The van der Waals surface area contributed by atoms with Crippen LogP contribution in [0.25, 0.3) is 11.0 Å². The van der Waals surface area contributed by atoms with Crippen LogP contribution in [0.5, 0.6) is 0 Å². The first-order valence-electron chi connectivity index (χ1n) is 6.90. The van der Waals surface area contributed by atoms with Crippen molar-refractivity contribution in [3.8, 4) is 0 Å². The van der Waals surface area contributed by atoms with Gasteiger partial charge in [-0.05, 0) is 30.3 Å². The zero-order chi connectivity index (χ0) is 15.4. The van der Waals surface area contributed by atoms with Crippen molar-refractivity contribution in [1.29, 1.82) is 0 Å². The van der Waals surface area contributed by atoms with E-state index >= 15 is 0 Å². The second-order valence-electron chi connectivity index (χ2n) is 4.80. The number of aromatic amines is 2. The summed E-state index contributed by atoms with van der Waals surface area (Å²) in [5.41, 5.74) is 1.83. The lowest BCUT2D eigenvalue weighted by Gasteiger charge is -2.05. The third-order valence-electron chi connectivity index (χ3n) is 3.14. The van der Waals surface area contributed by atoms with Crippen LogP contribution in [0.1, 0.15) is 6.42 Å². The fourth-order valence-electron chi connectivity index (χ4n) is 2.11. The molecule has 3 N–H and O–H groups in total. The van der Waals surface area contributed by atoms with Crippen LogP contribution in [-0.2, 0) is 4.79 Å². The first kappa shape index (κ1) is 14.5. The Bertz CT molecular complexity index is 839. The van der Waals surface area contributed by atoms with E-state index in [1.807, 2.05) is 30.3 Å². The van der Waals surface area contributed by atoms with Gasteiger partial charge in [-0.1, -0.05) is 18.2 Å². The van der Waals surface area contributed by atoms with E-state index in [9.17, 15) is 9.59 Å². The summed E-state index contributed by atoms with van der Waals surface area (Å²) in [5.74, 6) is 0.680. The van der Waals surface area contributed by atoms with Gasteiger partial charge in [0.15, 0.2) is 0 Å². The highest BCUT2D eigenvalue weighted by molar-refractivity contribution is 7.99. The zero-order valence-corrected chi connectivity index (χ0v) is 12.6. The average Bonchev–Trinajstić information content (AvgIpc) is 2.87. The molecule has 1 aromatic heterocycles. The number of fused-ring (bicyclic) bond motifs is 1. The summed E-state index contributed by atoms with van der Waals surface area (Å²) in [6, 6.07) is 15.3. The molecule has 22 heavy (non-hydrogen) atoms. The third kappa shape index (κ3) is 3.59. The predicted molar refractivity (Wildman–Crippen MR) is 89.3 cm³/mol. The smallest absolute Gasteiger partial charge is 0.323 e. The number of thioether (sulfide) groups is 1. The van der Waals surface area contributed by atoms with Gasteiger partial charge >= 0.3 is 5.69 Å². The summed E-state index contributed by atoms with van der Waals surface area (Å²) in [4.78, 5) is 29.6. The first-order chi connectivity index (χ1) is 10.7. The molecule has 0 aliphatic heterocycles. The Morgan fingerprint density at radius 3 is 2.64 bits per heavy atom. The minimum atomic E-state index is -0.252. The monoisotopic (exact) mass is 313 g/mol. The summed E-state index contributed by atoms with van der Waals surface area (Å²) in [5, 5.41) is 2.84. The lowest BCUT2D eigenvalue weighted by molar-refractivity contribution is -0.115. The first-order valence-corrected chi connectivity index (χ1v) is 7.89. The van der Waals surface area contributed by atoms with Gasteiger partial charge in [-0.15, -0.1) is 11.8 Å². The zero-order valence-electron chi connectivity index (χ0n) is 11.8. The maximum Gasteiger partial charge on any atom is 0.323 e. The van der Waals surface area contributed by atoms with Crippen LogP contribution in [0, 0.1) is 0 Å². The van der Waals surface area contributed by atoms with E-state index in [0.29, 0.717) is 17.6 Å². The molecule has 1 heterocycles. The van der Waals surface area contributed by atoms with Gasteiger partial charge in [-0.2, -0.15) is 0 Å². The van der Waals surface area contributed by atoms with Gasteiger partial charge in [0, 0.05) is 22.8 Å². The van der Waals surface area contributed by atoms with Gasteiger partial charge in [0.05, 0.1) is 11.0 Å². The number of imidazole rings is 1. The number of amides is 1. The highest BCUT2D eigenvalue weighted by Gasteiger charge is 2.05. The Labute approximate surface area is 131 Å². The van der Waals surface area contributed by atoms with E-state index in [2.05, 4.69) is 15.3 Å². The molecule has 3 rings (SSSR count). The Hall–Kier alpha value is -2.47. The molecule has 0 radical (unpaired) electrons. The average molecular weight is 313 g/mol.